The lowest BCUT2D eigenvalue weighted by Crippen LogP contribution is -2.56. The Morgan fingerprint density at radius 2 is 1.66 bits per heavy atom. The first-order valence-corrected chi connectivity index (χ1v) is 16.2. The Morgan fingerprint density at radius 1 is 1.00 bits per heavy atom. The van der Waals surface area contributed by atoms with Gasteiger partial charge in [-0.25, -0.2) is 13.2 Å². The monoisotopic (exact) mass is 544 g/mol. The average molecular weight is 545 g/mol. The number of hydrogen-bond donors (Lipinski definition) is 1. The number of hydrogen-bond acceptors (Lipinski definition) is 5. The van der Waals surface area contributed by atoms with E-state index in [4.69, 9.17) is 0 Å². The van der Waals surface area contributed by atoms with Crippen LogP contribution in [0, 0.1) is 11.8 Å². The smallest absolute Gasteiger partial charge is 0.321 e. The number of nitrogens with zero attached hydrogens (tertiary/aromatic N) is 3. The molecule has 1 spiro atoms. The largest absolute Gasteiger partial charge is 0.354 e. The Hall–Kier alpha value is -2.13. The SMILES string of the molecule is CN(C)[C@]1(c2ccccc2)CC[C@@]2(CC1)CN(CC(=O)NCC1CCS(=O)(=O)CC1)C(=O)N2CC1CCC1. The van der Waals surface area contributed by atoms with Gasteiger partial charge in [0.15, 0.2) is 0 Å². The molecular formula is C29H44N4O4S. The number of urea groups is 1. The Labute approximate surface area is 228 Å². The molecule has 1 aromatic rings. The van der Waals surface area contributed by atoms with E-state index in [2.05, 4.69) is 59.5 Å². The van der Waals surface area contributed by atoms with Gasteiger partial charge in [-0.1, -0.05) is 36.8 Å². The fourth-order valence-corrected chi connectivity index (χ4v) is 8.73. The van der Waals surface area contributed by atoms with Crippen molar-refractivity contribution in [3.05, 3.63) is 35.9 Å². The van der Waals surface area contributed by atoms with Crippen LogP contribution in [0.25, 0.3) is 0 Å². The Morgan fingerprint density at radius 3 is 2.24 bits per heavy atom. The molecule has 4 fully saturated rings. The minimum absolute atomic E-state index is 0.00729. The second-order valence-electron chi connectivity index (χ2n) is 12.5. The first-order valence-electron chi connectivity index (χ1n) is 14.4. The highest BCUT2D eigenvalue weighted by molar-refractivity contribution is 7.91. The minimum atomic E-state index is -2.92. The van der Waals surface area contributed by atoms with Gasteiger partial charge in [0.1, 0.15) is 16.4 Å². The third-order valence-corrected chi connectivity index (χ3v) is 11.7. The summed E-state index contributed by atoms with van der Waals surface area (Å²) in [6.45, 7) is 1.96. The van der Waals surface area contributed by atoms with E-state index in [0.717, 1.165) is 32.2 Å². The minimum Gasteiger partial charge on any atom is -0.354 e. The summed E-state index contributed by atoms with van der Waals surface area (Å²) < 4.78 is 23.4. The second kappa shape index (κ2) is 10.8. The lowest BCUT2D eigenvalue weighted by Gasteiger charge is -2.51. The first-order chi connectivity index (χ1) is 18.1. The van der Waals surface area contributed by atoms with E-state index >= 15 is 0 Å². The highest BCUT2D eigenvalue weighted by Gasteiger charge is 2.55. The lowest BCUT2D eigenvalue weighted by atomic mass is 9.68. The molecule has 5 rings (SSSR count). The van der Waals surface area contributed by atoms with E-state index in [1.807, 2.05) is 0 Å². The summed E-state index contributed by atoms with van der Waals surface area (Å²) in [5.41, 5.74) is 1.07. The van der Waals surface area contributed by atoms with Crippen molar-refractivity contribution in [1.29, 1.82) is 0 Å². The van der Waals surface area contributed by atoms with Crippen LogP contribution >= 0.6 is 0 Å². The zero-order valence-electron chi connectivity index (χ0n) is 23.0. The Balaban J connectivity index is 1.26. The molecule has 1 N–H and O–H groups in total. The maximum atomic E-state index is 13.7. The number of rotatable bonds is 8. The van der Waals surface area contributed by atoms with E-state index in [-0.39, 0.29) is 47.0 Å². The zero-order chi connectivity index (χ0) is 27.0. The second-order valence-corrected chi connectivity index (χ2v) is 14.8. The van der Waals surface area contributed by atoms with Crippen molar-refractivity contribution in [2.75, 3.05) is 51.8 Å². The predicted octanol–water partition coefficient (Wildman–Crippen LogP) is 3.24. The molecule has 2 saturated carbocycles. The van der Waals surface area contributed by atoms with Crippen LogP contribution in [0.1, 0.15) is 63.4 Å². The van der Waals surface area contributed by atoms with E-state index in [1.165, 1.54) is 24.8 Å². The molecule has 0 aromatic heterocycles. The van der Waals surface area contributed by atoms with Gasteiger partial charge in [0.05, 0.1) is 17.0 Å². The van der Waals surface area contributed by atoms with Crippen LogP contribution in [-0.4, -0.2) is 92.4 Å². The van der Waals surface area contributed by atoms with Crippen LogP contribution in [0.5, 0.6) is 0 Å². The average Bonchev–Trinajstić information content (AvgIpc) is 3.11. The molecular weight excluding hydrogens is 500 g/mol. The molecule has 3 amide bonds. The van der Waals surface area contributed by atoms with Crippen molar-refractivity contribution in [1.82, 2.24) is 20.0 Å². The summed E-state index contributed by atoms with van der Waals surface area (Å²) in [5, 5.41) is 2.99. The number of benzene rings is 1. The zero-order valence-corrected chi connectivity index (χ0v) is 23.8. The van der Waals surface area contributed by atoms with Gasteiger partial charge in [0.2, 0.25) is 5.91 Å². The number of amides is 3. The van der Waals surface area contributed by atoms with Crippen molar-refractivity contribution >= 4 is 21.8 Å². The van der Waals surface area contributed by atoms with Crippen molar-refractivity contribution < 1.29 is 18.0 Å². The third-order valence-electron chi connectivity index (χ3n) is 10.00. The molecule has 0 unspecified atom stereocenters. The molecule has 0 radical (unpaired) electrons. The summed E-state index contributed by atoms with van der Waals surface area (Å²) in [5.74, 6) is 1.02. The predicted molar refractivity (Wildman–Crippen MR) is 148 cm³/mol. The van der Waals surface area contributed by atoms with Crippen LogP contribution in [0.4, 0.5) is 4.79 Å². The van der Waals surface area contributed by atoms with E-state index in [1.54, 1.807) is 4.90 Å². The lowest BCUT2D eigenvalue weighted by molar-refractivity contribution is -0.121. The molecule has 0 bridgehead atoms. The fourth-order valence-electron chi connectivity index (χ4n) is 7.14. The molecule has 0 atom stereocenters. The molecule has 2 aliphatic carbocycles. The normalized spacial score (nSPS) is 27.6. The maximum absolute atomic E-state index is 13.7. The van der Waals surface area contributed by atoms with Crippen molar-refractivity contribution in [2.24, 2.45) is 11.8 Å². The summed E-state index contributed by atoms with van der Waals surface area (Å²) in [6, 6.07) is 10.7. The van der Waals surface area contributed by atoms with Gasteiger partial charge in [0, 0.05) is 25.2 Å². The van der Waals surface area contributed by atoms with Crippen LogP contribution < -0.4 is 5.32 Å². The molecule has 4 aliphatic rings. The van der Waals surface area contributed by atoms with Crippen molar-refractivity contribution in [2.45, 2.75) is 68.9 Å². The molecule has 2 saturated heterocycles. The van der Waals surface area contributed by atoms with Gasteiger partial charge in [-0.2, -0.15) is 0 Å². The molecule has 210 valence electrons. The molecule has 2 heterocycles. The number of carbonyl (C=O) groups is 2. The highest BCUT2D eigenvalue weighted by Crippen LogP contribution is 2.49. The van der Waals surface area contributed by atoms with Gasteiger partial charge >= 0.3 is 6.03 Å². The summed E-state index contributed by atoms with van der Waals surface area (Å²) in [4.78, 5) is 32.9. The summed E-state index contributed by atoms with van der Waals surface area (Å²) in [7, 11) is 1.41. The molecule has 2 aliphatic heterocycles. The molecule has 8 nitrogen and oxygen atoms in total. The van der Waals surface area contributed by atoms with E-state index < -0.39 is 9.84 Å². The van der Waals surface area contributed by atoms with Crippen LogP contribution in [-0.2, 0) is 20.2 Å². The van der Waals surface area contributed by atoms with Gasteiger partial charge in [-0.3, -0.25) is 9.69 Å². The van der Waals surface area contributed by atoms with Crippen LogP contribution in [0.2, 0.25) is 0 Å². The van der Waals surface area contributed by atoms with Crippen molar-refractivity contribution in [3.8, 4) is 0 Å². The van der Waals surface area contributed by atoms with Gasteiger partial charge < -0.3 is 15.1 Å². The highest BCUT2D eigenvalue weighted by atomic mass is 32.2. The maximum Gasteiger partial charge on any atom is 0.321 e. The van der Waals surface area contributed by atoms with Crippen molar-refractivity contribution in [3.63, 3.8) is 0 Å². The third kappa shape index (κ3) is 5.46. The molecule has 38 heavy (non-hydrogen) atoms. The first kappa shape index (κ1) is 27.4. The van der Waals surface area contributed by atoms with E-state index in [9.17, 15) is 18.0 Å². The number of nitrogens with one attached hydrogen (secondary N) is 1. The number of sulfone groups is 1. The molecule has 9 heteroatoms. The Kier molecular flexibility index (Phi) is 7.80. The summed E-state index contributed by atoms with van der Waals surface area (Å²) in [6.07, 6.45) is 8.60. The molecule has 1 aromatic carbocycles. The quantitative estimate of drug-likeness (QED) is 0.543. The van der Waals surface area contributed by atoms with Gasteiger partial charge in [-0.05, 0) is 82.9 Å². The van der Waals surface area contributed by atoms with Gasteiger partial charge in [0.25, 0.3) is 0 Å². The number of carbonyl (C=O) groups excluding carboxylic acids is 2. The van der Waals surface area contributed by atoms with Crippen LogP contribution in [0.15, 0.2) is 30.3 Å². The Bertz CT molecular complexity index is 1100. The standard InChI is InChI=1S/C29H44N4O4S/c1-31(2)29(25-9-4-3-5-10-25)15-13-28(14-16-29)22-32(27(35)33(28)20-24-7-6-8-24)21-26(34)30-19-23-11-17-38(36,37)18-12-23/h3-5,9-10,23-24H,6-8,11-22H2,1-2H3,(H,30,34)/t28-,29-. The van der Waals surface area contributed by atoms with Crippen LogP contribution in [0.3, 0.4) is 0 Å². The summed E-state index contributed by atoms with van der Waals surface area (Å²) >= 11 is 0. The topological polar surface area (TPSA) is 90.0 Å². The van der Waals surface area contributed by atoms with Gasteiger partial charge in [-0.15, -0.1) is 0 Å². The fraction of sp³-hybridized carbons (Fsp3) is 0.724. The van der Waals surface area contributed by atoms with E-state index in [0.29, 0.717) is 31.8 Å².